The van der Waals surface area contributed by atoms with E-state index < -0.39 is 18.3 Å². The summed E-state index contributed by atoms with van der Waals surface area (Å²) in [5.41, 5.74) is 1.49. The van der Waals surface area contributed by atoms with Gasteiger partial charge >= 0.3 is 6.09 Å². The van der Waals surface area contributed by atoms with Gasteiger partial charge in [-0.25, -0.2) is 4.79 Å². The molecule has 3 rings (SSSR count). The maximum Gasteiger partial charge on any atom is 0.407 e. The Kier molecular flexibility index (Phi) is 5.84. The summed E-state index contributed by atoms with van der Waals surface area (Å²) in [5, 5.41) is 25.0. The molecule has 0 fully saturated rings. The Balaban J connectivity index is 1.55. The predicted molar refractivity (Wildman–Crippen MR) is 99.5 cm³/mol. The molecular weight excluding hydrogens is 330 g/mol. The molecule has 0 radical (unpaired) electrons. The van der Waals surface area contributed by atoms with Gasteiger partial charge in [0.1, 0.15) is 18.8 Å². The highest BCUT2D eigenvalue weighted by Gasteiger charge is 2.21. The van der Waals surface area contributed by atoms with Crippen LogP contribution in [0.15, 0.2) is 72.8 Å². The Labute approximate surface area is 151 Å². The Morgan fingerprint density at radius 3 is 2.42 bits per heavy atom. The van der Waals surface area contributed by atoms with E-state index in [4.69, 9.17) is 4.74 Å². The molecule has 3 aromatic carbocycles. The van der Waals surface area contributed by atoms with E-state index in [0.717, 1.165) is 16.3 Å². The molecule has 0 spiro atoms. The number of carbonyl (C=O) groups excluding carboxylic acids is 1. The second-order valence-electron chi connectivity index (χ2n) is 6.02. The first-order valence-corrected chi connectivity index (χ1v) is 8.43. The molecule has 3 aromatic rings. The molecule has 26 heavy (non-hydrogen) atoms. The number of ether oxygens (including phenoxy) is 1. The second-order valence-corrected chi connectivity index (χ2v) is 6.02. The van der Waals surface area contributed by atoms with Crippen LogP contribution in [0.3, 0.4) is 0 Å². The molecule has 3 N–H and O–H groups in total. The van der Waals surface area contributed by atoms with Crippen molar-refractivity contribution in [3.63, 3.8) is 0 Å². The van der Waals surface area contributed by atoms with Gasteiger partial charge in [0.2, 0.25) is 0 Å². The number of nitrogens with one attached hydrogen (secondary N) is 1. The van der Waals surface area contributed by atoms with Gasteiger partial charge in [0, 0.05) is 6.54 Å². The van der Waals surface area contributed by atoms with Gasteiger partial charge in [-0.3, -0.25) is 0 Å². The van der Waals surface area contributed by atoms with Crippen molar-refractivity contribution in [2.75, 3.05) is 6.54 Å². The number of amides is 1. The molecule has 0 bridgehead atoms. The van der Waals surface area contributed by atoms with Crippen LogP contribution in [0.1, 0.15) is 17.2 Å². The monoisotopic (exact) mass is 351 g/mol. The summed E-state index contributed by atoms with van der Waals surface area (Å²) in [6.45, 7) is 0.0344. The van der Waals surface area contributed by atoms with Gasteiger partial charge in [-0.1, -0.05) is 72.8 Å². The minimum Gasteiger partial charge on any atom is -0.445 e. The molecule has 1 amide bonds. The third kappa shape index (κ3) is 4.39. The summed E-state index contributed by atoms with van der Waals surface area (Å²) in [6.07, 6.45) is -2.90. The van der Waals surface area contributed by atoms with Crippen molar-refractivity contribution in [3.05, 3.63) is 83.9 Å². The van der Waals surface area contributed by atoms with Crippen molar-refractivity contribution in [2.45, 2.75) is 18.8 Å². The van der Waals surface area contributed by atoms with Crippen LogP contribution in [-0.4, -0.2) is 29.0 Å². The Morgan fingerprint density at radius 1 is 0.923 bits per heavy atom. The van der Waals surface area contributed by atoms with Gasteiger partial charge in [0.15, 0.2) is 0 Å². The molecule has 134 valence electrons. The highest BCUT2D eigenvalue weighted by atomic mass is 16.5. The molecule has 2 unspecified atom stereocenters. The summed E-state index contributed by atoms with van der Waals surface area (Å²) in [4.78, 5) is 11.8. The smallest absolute Gasteiger partial charge is 0.407 e. The maximum atomic E-state index is 11.8. The number of hydrogen-bond donors (Lipinski definition) is 3. The Bertz CT molecular complexity index is 861. The highest BCUT2D eigenvalue weighted by molar-refractivity contribution is 5.86. The van der Waals surface area contributed by atoms with Crippen molar-refractivity contribution in [1.82, 2.24) is 5.32 Å². The van der Waals surface area contributed by atoms with Crippen LogP contribution in [-0.2, 0) is 11.3 Å². The molecule has 0 aliphatic rings. The number of hydrogen-bond acceptors (Lipinski definition) is 4. The molecule has 0 aromatic heterocycles. The summed E-state index contributed by atoms with van der Waals surface area (Å²) in [7, 11) is 0. The quantitative estimate of drug-likeness (QED) is 0.637. The largest absolute Gasteiger partial charge is 0.445 e. The van der Waals surface area contributed by atoms with Crippen LogP contribution in [0, 0.1) is 0 Å². The summed E-state index contributed by atoms with van der Waals surface area (Å²) >= 11 is 0. The number of aliphatic hydroxyl groups excluding tert-OH is 2. The van der Waals surface area contributed by atoms with Gasteiger partial charge in [-0.15, -0.1) is 0 Å². The lowest BCUT2D eigenvalue weighted by Gasteiger charge is -2.20. The number of benzene rings is 3. The molecule has 5 heteroatoms. The van der Waals surface area contributed by atoms with Crippen LogP contribution in [0.2, 0.25) is 0 Å². The molecule has 0 aliphatic carbocycles. The van der Waals surface area contributed by atoms with Gasteiger partial charge in [-0.05, 0) is 21.9 Å². The lowest BCUT2D eigenvalue weighted by Crippen LogP contribution is -2.35. The molecule has 0 saturated heterocycles. The fourth-order valence-electron chi connectivity index (χ4n) is 2.79. The fourth-order valence-corrected chi connectivity index (χ4v) is 2.79. The normalized spacial score (nSPS) is 13.2. The number of rotatable bonds is 6. The van der Waals surface area contributed by atoms with Crippen molar-refractivity contribution in [3.8, 4) is 0 Å². The van der Waals surface area contributed by atoms with E-state index in [1.165, 1.54) is 0 Å². The lowest BCUT2D eigenvalue weighted by atomic mass is 9.97. The Hall–Kier alpha value is -2.89. The Morgan fingerprint density at radius 2 is 1.62 bits per heavy atom. The van der Waals surface area contributed by atoms with Crippen LogP contribution in [0.4, 0.5) is 4.79 Å². The van der Waals surface area contributed by atoms with E-state index in [1.54, 1.807) is 6.07 Å². The summed E-state index contributed by atoms with van der Waals surface area (Å²) in [6, 6.07) is 22.5. The average Bonchev–Trinajstić information content (AvgIpc) is 2.70. The van der Waals surface area contributed by atoms with Crippen LogP contribution < -0.4 is 5.32 Å². The maximum absolute atomic E-state index is 11.8. The third-order valence-electron chi connectivity index (χ3n) is 4.17. The van der Waals surface area contributed by atoms with Crippen LogP contribution in [0.25, 0.3) is 10.8 Å². The minimum absolute atomic E-state index is 0.113. The lowest BCUT2D eigenvalue weighted by molar-refractivity contribution is 0.0192. The molecule has 5 nitrogen and oxygen atoms in total. The van der Waals surface area contributed by atoms with Gasteiger partial charge in [-0.2, -0.15) is 0 Å². The number of alkyl carbamates (subject to hydrolysis) is 1. The van der Waals surface area contributed by atoms with E-state index in [0.29, 0.717) is 5.56 Å². The molecule has 0 aliphatic heterocycles. The van der Waals surface area contributed by atoms with Gasteiger partial charge < -0.3 is 20.3 Å². The van der Waals surface area contributed by atoms with E-state index >= 15 is 0 Å². The zero-order valence-electron chi connectivity index (χ0n) is 14.2. The number of aliphatic hydroxyl groups is 2. The molecule has 0 heterocycles. The highest BCUT2D eigenvalue weighted by Crippen LogP contribution is 2.26. The van der Waals surface area contributed by atoms with E-state index in [2.05, 4.69) is 5.32 Å². The zero-order valence-corrected chi connectivity index (χ0v) is 14.2. The molecule has 2 atom stereocenters. The van der Waals surface area contributed by atoms with E-state index in [9.17, 15) is 15.0 Å². The van der Waals surface area contributed by atoms with E-state index in [1.807, 2.05) is 66.7 Å². The standard InChI is InChI=1S/C21H21NO4/c23-19(13-22-21(25)26-14-15-7-2-1-3-8-15)20(24)18-12-6-10-16-9-4-5-11-17(16)18/h1-12,19-20,23-24H,13-14H2,(H,22,25). The average molecular weight is 351 g/mol. The van der Waals surface area contributed by atoms with E-state index in [-0.39, 0.29) is 13.2 Å². The topological polar surface area (TPSA) is 78.8 Å². The van der Waals surface area contributed by atoms with Crippen molar-refractivity contribution in [2.24, 2.45) is 0 Å². The second kappa shape index (κ2) is 8.47. The first kappa shape index (κ1) is 17.9. The van der Waals surface area contributed by atoms with Crippen molar-refractivity contribution in [1.29, 1.82) is 0 Å². The summed E-state index contributed by atoms with van der Waals surface area (Å²) < 4.78 is 5.09. The zero-order chi connectivity index (χ0) is 18.4. The SMILES string of the molecule is O=C(NCC(O)C(O)c1cccc2ccccc12)OCc1ccccc1. The number of carbonyl (C=O) groups is 1. The third-order valence-corrected chi connectivity index (χ3v) is 4.17. The fraction of sp³-hybridized carbons (Fsp3) is 0.190. The van der Waals surface area contributed by atoms with Gasteiger partial charge in [0.05, 0.1) is 0 Å². The molecular formula is C21H21NO4. The first-order valence-electron chi connectivity index (χ1n) is 8.43. The number of fused-ring (bicyclic) bond motifs is 1. The minimum atomic E-state index is -1.15. The molecule has 0 saturated carbocycles. The van der Waals surface area contributed by atoms with Crippen LogP contribution in [0.5, 0.6) is 0 Å². The summed E-state index contributed by atoms with van der Waals surface area (Å²) in [5.74, 6) is 0. The van der Waals surface area contributed by atoms with Crippen molar-refractivity contribution >= 4 is 16.9 Å². The van der Waals surface area contributed by atoms with Crippen LogP contribution >= 0.6 is 0 Å². The van der Waals surface area contributed by atoms with Crippen molar-refractivity contribution < 1.29 is 19.7 Å². The predicted octanol–water partition coefficient (Wildman–Crippen LogP) is 3.16. The first-order chi connectivity index (χ1) is 12.6. The van der Waals surface area contributed by atoms with Gasteiger partial charge in [0.25, 0.3) is 0 Å².